The molecule has 3 aliphatic rings. The number of aromatic nitrogens is 2. The number of fused-ring (bicyclic) bond motifs is 4. The molecule has 2 fully saturated rings. The minimum absolute atomic E-state index is 0.612. The van der Waals surface area contributed by atoms with Gasteiger partial charge in [0.25, 0.3) is 0 Å². The molecular formula is C14H21N3. The summed E-state index contributed by atoms with van der Waals surface area (Å²) in [6.45, 7) is 0. The molecule has 3 nitrogen and oxygen atoms in total. The SMILES string of the molecule is c1c2c(nn1C1CCCCC1)CC1CCC2N1. The van der Waals surface area contributed by atoms with Gasteiger partial charge in [-0.1, -0.05) is 19.3 Å². The van der Waals surface area contributed by atoms with Gasteiger partial charge in [0.05, 0.1) is 11.7 Å². The van der Waals surface area contributed by atoms with Crippen LogP contribution < -0.4 is 5.32 Å². The van der Waals surface area contributed by atoms with Gasteiger partial charge in [-0.05, 0) is 25.7 Å². The van der Waals surface area contributed by atoms with Crippen molar-refractivity contribution < 1.29 is 0 Å². The molecule has 1 aliphatic carbocycles. The molecule has 3 heteroatoms. The quantitative estimate of drug-likeness (QED) is 0.805. The Balaban J connectivity index is 1.64. The molecule has 2 aliphatic heterocycles. The van der Waals surface area contributed by atoms with Crippen LogP contribution in [0.5, 0.6) is 0 Å². The van der Waals surface area contributed by atoms with E-state index in [2.05, 4.69) is 16.2 Å². The second-order valence-electron chi connectivity index (χ2n) is 6.00. The summed E-state index contributed by atoms with van der Waals surface area (Å²) in [6.07, 6.45) is 13.0. The van der Waals surface area contributed by atoms with Crippen LogP contribution in [0.15, 0.2) is 6.20 Å². The van der Waals surface area contributed by atoms with Crippen molar-refractivity contribution in [2.24, 2.45) is 0 Å². The molecule has 0 spiro atoms. The molecule has 2 atom stereocenters. The van der Waals surface area contributed by atoms with Crippen molar-refractivity contribution in [3.63, 3.8) is 0 Å². The van der Waals surface area contributed by atoms with Gasteiger partial charge < -0.3 is 5.32 Å². The molecule has 2 unspecified atom stereocenters. The summed E-state index contributed by atoms with van der Waals surface area (Å²) in [5, 5.41) is 8.60. The third-order valence-corrected chi connectivity index (χ3v) is 4.85. The molecule has 0 amide bonds. The van der Waals surface area contributed by atoms with Crippen LogP contribution in [-0.4, -0.2) is 15.8 Å². The van der Waals surface area contributed by atoms with Crippen LogP contribution in [0.1, 0.15) is 68.3 Å². The Morgan fingerprint density at radius 2 is 2.00 bits per heavy atom. The highest BCUT2D eigenvalue weighted by Gasteiger charge is 2.34. The standard InChI is InChI=1S/C14H21N3/c1-2-4-11(5-3-1)17-9-12-13-7-6-10(15-13)8-14(12)16-17/h9-11,13,15H,1-8H2. The first kappa shape index (κ1) is 10.1. The topological polar surface area (TPSA) is 29.9 Å². The van der Waals surface area contributed by atoms with Gasteiger partial charge in [0.2, 0.25) is 0 Å². The third-order valence-electron chi connectivity index (χ3n) is 4.85. The van der Waals surface area contributed by atoms with E-state index in [-0.39, 0.29) is 0 Å². The highest BCUT2D eigenvalue weighted by molar-refractivity contribution is 5.28. The predicted molar refractivity (Wildman–Crippen MR) is 67.0 cm³/mol. The number of hydrogen-bond donors (Lipinski definition) is 1. The molecule has 4 rings (SSSR count). The molecule has 0 aromatic carbocycles. The van der Waals surface area contributed by atoms with Crippen LogP contribution in [-0.2, 0) is 6.42 Å². The van der Waals surface area contributed by atoms with Crippen LogP contribution in [0.2, 0.25) is 0 Å². The monoisotopic (exact) mass is 231 g/mol. The highest BCUT2D eigenvalue weighted by atomic mass is 15.3. The first-order valence-corrected chi connectivity index (χ1v) is 7.24. The van der Waals surface area contributed by atoms with Crippen molar-refractivity contribution in [3.05, 3.63) is 17.5 Å². The summed E-state index contributed by atoms with van der Waals surface area (Å²) in [5.41, 5.74) is 2.89. The molecule has 1 aromatic heterocycles. The fraction of sp³-hybridized carbons (Fsp3) is 0.786. The Kier molecular flexibility index (Phi) is 2.29. The summed E-state index contributed by atoms with van der Waals surface area (Å²) in [6, 6.07) is 2.01. The van der Waals surface area contributed by atoms with Gasteiger partial charge in [-0.15, -0.1) is 0 Å². The zero-order chi connectivity index (χ0) is 11.2. The van der Waals surface area contributed by atoms with Crippen molar-refractivity contribution in [3.8, 4) is 0 Å². The Hall–Kier alpha value is -0.830. The third kappa shape index (κ3) is 1.63. The highest BCUT2D eigenvalue weighted by Crippen LogP contribution is 2.37. The van der Waals surface area contributed by atoms with E-state index in [4.69, 9.17) is 5.10 Å². The van der Waals surface area contributed by atoms with Crippen molar-refractivity contribution >= 4 is 0 Å². The maximum Gasteiger partial charge on any atom is 0.0688 e. The summed E-state index contributed by atoms with van der Waals surface area (Å²) in [7, 11) is 0. The van der Waals surface area contributed by atoms with Gasteiger partial charge >= 0.3 is 0 Å². The minimum atomic E-state index is 0.612. The van der Waals surface area contributed by atoms with Crippen molar-refractivity contribution in [2.45, 2.75) is 69.5 Å². The van der Waals surface area contributed by atoms with Crippen LogP contribution in [0.3, 0.4) is 0 Å². The first-order chi connectivity index (χ1) is 8.40. The summed E-state index contributed by atoms with van der Waals surface area (Å²) in [4.78, 5) is 0. The molecule has 92 valence electrons. The minimum Gasteiger partial charge on any atom is -0.307 e. The Morgan fingerprint density at radius 3 is 2.88 bits per heavy atom. The largest absolute Gasteiger partial charge is 0.307 e. The average Bonchev–Trinajstić information content (AvgIpc) is 2.97. The van der Waals surface area contributed by atoms with Gasteiger partial charge in [0.1, 0.15) is 0 Å². The van der Waals surface area contributed by atoms with Gasteiger partial charge in [-0.3, -0.25) is 4.68 Å². The number of nitrogens with zero attached hydrogens (tertiary/aromatic N) is 2. The van der Waals surface area contributed by atoms with E-state index in [1.165, 1.54) is 56.2 Å². The lowest BCUT2D eigenvalue weighted by atomic mass is 9.96. The van der Waals surface area contributed by atoms with Gasteiger partial charge in [-0.25, -0.2) is 0 Å². The molecule has 17 heavy (non-hydrogen) atoms. The maximum absolute atomic E-state index is 4.89. The molecule has 1 aromatic rings. The smallest absolute Gasteiger partial charge is 0.0688 e. The summed E-state index contributed by atoms with van der Waals surface area (Å²) < 4.78 is 2.30. The van der Waals surface area contributed by atoms with Crippen LogP contribution >= 0.6 is 0 Å². The van der Waals surface area contributed by atoms with Crippen LogP contribution in [0.4, 0.5) is 0 Å². The Labute approximate surface area is 103 Å². The number of nitrogens with one attached hydrogen (secondary N) is 1. The normalized spacial score (nSPS) is 32.7. The first-order valence-electron chi connectivity index (χ1n) is 7.24. The van der Waals surface area contributed by atoms with Gasteiger partial charge in [0, 0.05) is 30.3 Å². The van der Waals surface area contributed by atoms with E-state index in [1.54, 1.807) is 0 Å². The van der Waals surface area contributed by atoms with E-state index in [0.29, 0.717) is 18.1 Å². The molecule has 1 saturated carbocycles. The fourth-order valence-electron chi connectivity index (χ4n) is 3.88. The summed E-state index contributed by atoms with van der Waals surface area (Å²) in [5.74, 6) is 0. The Morgan fingerprint density at radius 1 is 1.12 bits per heavy atom. The molecule has 1 saturated heterocycles. The molecule has 0 radical (unpaired) electrons. The zero-order valence-electron chi connectivity index (χ0n) is 10.4. The zero-order valence-corrected chi connectivity index (χ0v) is 10.4. The number of hydrogen-bond acceptors (Lipinski definition) is 2. The van der Waals surface area contributed by atoms with E-state index in [1.807, 2.05) is 0 Å². The lowest BCUT2D eigenvalue weighted by Gasteiger charge is -2.21. The lowest BCUT2D eigenvalue weighted by Crippen LogP contribution is -2.31. The van der Waals surface area contributed by atoms with Gasteiger partial charge in [0.15, 0.2) is 0 Å². The Bertz CT molecular complexity index is 417. The second-order valence-corrected chi connectivity index (χ2v) is 6.00. The fourth-order valence-corrected chi connectivity index (χ4v) is 3.88. The molecule has 1 N–H and O–H groups in total. The molecule has 2 bridgehead atoms. The van der Waals surface area contributed by atoms with Crippen LogP contribution in [0, 0.1) is 0 Å². The average molecular weight is 231 g/mol. The lowest BCUT2D eigenvalue weighted by molar-refractivity contribution is 0.327. The molecule has 3 heterocycles. The summed E-state index contributed by atoms with van der Waals surface area (Å²) >= 11 is 0. The van der Waals surface area contributed by atoms with Crippen LogP contribution in [0.25, 0.3) is 0 Å². The maximum atomic E-state index is 4.89. The van der Waals surface area contributed by atoms with E-state index in [9.17, 15) is 0 Å². The van der Waals surface area contributed by atoms with Crippen molar-refractivity contribution in [1.29, 1.82) is 0 Å². The van der Waals surface area contributed by atoms with Gasteiger partial charge in [-0.2, -0.15) is 5.10 Å². The van der Waals surface area contributed by atoms with E-state index >= 15 is 0 Å². The second kappa shape index (κ2) is 3.84. The van der Waals surface area contributed by atoms with Crippen molar-refractivity contribution in [1.82, 2.24) is 15.1 Å². The number of rotatable bonds is 1. The predicted octanol–water partition coefficient (Wildman–Crippen LogP) is 2.74. The molecular weight excluding hydrogens is 210 g/mol. The van der Waals surface area contributed by atoms with Crippen molar-refractivity contribution in [2.75, 3.05) is 0 Å². The van der Waals surface area contributed by atoms with E-state index < -0.39 is 0 Å². The van der Waals surface area contributed by atoms with E-state index in [0.717, 1.165) is 6.42 Å².